The molecule has 2 aromatic rings. The van der Waals surface area contributed by atoms with E-state index < -0.39 is 11.9 Å². The van der Waals surface area contributed by atoms with Gasteiger partial charge in [-0.15, -0.1) is 0 Å². The van der Waals surface area contributed by atoms with Gasteiger partial charge in [0.25, 0.3) is 0 Å². The molecule has 2 heterocycles. The minimum atomic E-state index is -4.46. The zero-order chi connectivity index (χ0) is 20.4. The monoisotopic (exact) mass is 411 g/mol. The minimum absolute atomic E-state index is 0.0819. The Morgan fingerprint density at radius 2 is 1.86 bits per heavy atom. The fraction of sp³-hybridized carbons (Fsp3) is 0.400. The summed E-state index contributed by atoms with van der Waals surface area (Å²) >= 11 is 5.84. The van der Waals surface area contributed by atoms with Gasteiger partial charge in [-0.3, -0.25) is 9.78 Å². The van der Waals surface area contributed by atoms with Crippen LogP contribution in [0.2, 0.25) is 5.02 Å². The third kappa shape index (κ3) is 5.16. The Labute approximate surface area is 166 Å². The number of anilines is 2. The normalized spacial score (nSPS) is 16.7. The first kappa shape index (κ1) is 20.5. The molecule has 8 heteroatoms. The fourth-order valence-corrected chi connectivity index (χ4v) is 3.50. The van der Waals surface area contributed by atoms with Crippen LogP contribution < -0.4 is 10.2 Å². The Morgan fingerprint density at radius 1 is 1.21 bits per heavy atom. The molecule has 28 heavy (non-hydrogen) atoms. The van der Waals surface area contributed by atoms with Gasteiger partial charge in [0, 0.05) is 42.1 Å². The predicted octanol–water partition coefficient (Wildman–Crippen LogP) is 5.39. The summed E-state index contributed by atoms with van der Waals surface area (Å²) < 4.78 is 38.6. The number of nitrogens with zero attached hydrogens (tertiary/aromatic N) is 2. The number of hydrogen-bond acceptors (Lipinski definition) is 3. The third-order valence-electron chi connectivity index (χ3n) is 5.08. The number of benzene rings is 1. The van der Waals surface area contributed by atoms with Crippen molar-refractivity contribution >= 4 is 28.9 Å². The topological polar surface area (TPSA) is 45.2 Å². The molecule has 1 aromatic carbocycles. The number of alkyl halides is 3. The molecule has 150 valence electrons. The van der Waals surface area contributed by atoms with Crippen LogP contribution in [0.4, 0.5) is 24.5 Å². The molecular weight excluding hydrogens is 391 g/mol. The number of amides is 1. The molecule has 1 fully saturated rings. The first-order chi connectivity index (χ1) is 13.1. The van der Waals surface area contributed by atoms with Gasteiger partial charge in [-0.1, -0.05) is 18.5 Å². The SMILES string of the molecule is CC1(CC(=O)Nc2ccc(Cl)cc2)CCN(c2ccnc(C(F)(F)F)c2)CC1. The Bertz CT molecular complexity index is 831. The lowest BCUT2D eigenvalue weighted by molar-refractivity contribution is -0.141. The van der Waals surface area contributed by atoms with E-state index in [9.17, 15) is 18.0 Å². The van der Waals surface area contributed by atoms with Crippen LogP contribution in [0.15, 0.2) is 42.6 Å². The van der Waals surface area contributed by atoms with Gasteiger partial charge in [-0.05, 0) is 54.7 Å². The summed E-state index contributed by atoms with van der Waals surface area (Å²) in [4.78, 5) is 17.7. The van der Waals surface area contributed by atoms with Crippen molar-refractivity contribution < 1.29 is 18.0 Å². The van der Waals surface area contributed by atoms with Crippen molar-refractivity contribution in [3.63, 3.8) is 0 Å². The van der Waals surface area contributed by atoms with Gasteiger partial charge >= 0.3 is 6.18 Å². The van der Waals surface area contributed by atoms with Gasteiger partial charge in [0.2, 0.25) is 5.91 Å². The highest BCUT2D eigenvalue weighted by atomic mass is 35.5. The zero-order valence-electron chi connectivity index (χ0n) is 15.4. The molecule has 1 saturated heterocycles. The van der Waals surface area contributed by atoms with Crippen LogP contribution >= 0.6 is 11.6 Å². The lowest BCUT2D eigenvalue weighted by atomic mass is 9.77. The maximum Gasteiger partial charge on any atom is 0.433 e. The molecule has 0 atom stereocenters. The Hall–Kier alpha value is -2.28. The number of pyridine rings is 1. The first-order valence-corrected chi connectivity index (χ1v) is 9.36. The summed E-state index contributed by atoms with van der Waals surface area (Å²) in [6.45, 7) is 3.22. The molecule has 1 aromatic heterocycles. The van der Waals surface area contributed by atoms with Crippen molar-refractivity contribution in [2.24, 2.45) is 5.41 Å². The van der Waals surface area contributed by atoms with E-state index in [2.05, 4.69) is 10.3 Å². The van der Waals surface area contributed by atoms with Crippen LogP contribution in [0.5, 0.6) is 0 Å². The summed E-state index contributed by atoms with van der Waals surface area (Å²) in [5.41, 5.74) is 0.106. The first-order valence-electron chi connectivity index (χ1n) is 8.98. The number of rotatable bonds is 4. The number of carbonyl (C=O) groups excluding carboxylic acids is 1. The molecule has 0 bridgehead atoms. The van der Waals surface area contributed by atoms with E-state index in [-0.39, 0.29) is 11.3 Å². The van der Waals surface area contributed by atoms with Crippen molar-refractivity contribution in [3.05, 3.63) is 53.3 Å². The molecular formula is C20H21ClF3N3O. The van der Waals surface area contributed by atoms with Gasteiger partial charge in [0.1, 0.15) is 5.69 Å². The number of halogens is 4. The van der Waals surface area contributed by atoms with Crippen molar-refractivity contribution in [1.82, 2.24) is 4.98 Å². The van der Waals surface area contributed by atoms with Crippen LogP contribution in [0.3, 0.4) is 0 Å². The highest BCUT2D eigenvalue weighted by Crippen LogP contribution is 2.37. The summed E-state index contributed by atoms with van der Waals surface area (Å²) in [5, 5.41) is 3.46. The van der Waals surface area contributed by atoms with E-state index in [1.807, 2.05) is 11.8 Å². The largest absolute Gasteiger partial charge is 0.433 e. The number of hydrogen-bond donors (Lipinski definition) is 1. The molecule has 0 spiro atoms. The molecule has 1 N–H and O–H groups in total. The Kier molecular flexibility index (Phi) is 5.84. The van der Waals surface area contributed by atoms with Crippen molar-refractivity contribution in [3.8, 4) is 0 Å². The summed E-state index contributed by atoms with van der Waals surface area (Å²) in [5.74, 6) is -0.0819. The van der Waals surface area contributed by atoms with E-state index >= 15 is 0 Å². The molecule has 1 aliphatic rings. The zero-order valence-corrected chi connectivity index (χ0v) is 16.1. The highest BCUT2D eigenvalue weighted by Gasteiger charge is 2.35. The van der Waals surface area contributed by atoms with E-state index in [0.717, 1.165) is 6.07 Å². The highest BCUT2D eigenvalue weighted by molar-refractivity contribution is 6.30. The van der Waals surface area contributed by atoms with E-state index in [4.69, 9.17) is 11.6 Å². The molecule has 0 aliphatic carbocycles. The van der Waals surface area contributed by atoms with E-state index in [1.54, 1.807) is 30.3 Å². The van der Waals surface area contributed by atoms with Crippen LogP contribution in [-0.4, -0.2) is 24.0 Å². The smallest absolute Gasteiger partial charge is 0.371 e. The van der Waals surface area contributed by atoms with E-state index in [1.165, 1.54) is 6.20 Å². The lowest BCUT2D eigenvalue weighted by Crippen LogP contribution is -2.40. The summed E-state index contributed by atoms with van der Waals surface area (Å²) in [7, 11) is 0. The summed E-state index contributed by atoms with van der Waals surface area (Å²) in [6, 6.07) is 9.57. The van der Waals surface area contributed by atoms with Crippen LogP contribution in [0.25, 0.3) is 0 Å². The molecule has 3 rings (SSSR count). The molecule has 0 saturated carbocycles. The van der Waals surface area contributed by atoms with Crippen molar-refractivity contribution in [1.29, 1.82) is 0 Å². The maximum absolute atomic E-state index is 12.9. The molecule has 1 amide bonds. The minimum Gasteiger partial charge on any atom is -0.371 e. The molecule has 0 unspecified atom stereocenters. The maximum atomic E-state index is 12.9. The summed E-state index contributed by atoms with van der Waals surface area (Å²) in [6.07, 6.45) is -1.49. The Morgan fingerprint density at radius 3 is 2.46 bits per heavy atom. The number of aromatic nitrogens is 1. The van der Waals surface area contributed by atoms with Crippen LogP contribution in [0.1, 0.15) is 31.9 Å². The van der Waals surface area contributed by atoms with Gasteiger partial charge in [0.05, 0.1) is 0 Å². The number of carbonyl (C=O) groups is 1. The standard InChI is InChI=1S/C20H21ClF3N3O/c1-19(13-18(28)26-15-4-2-14(21)3-5-15)7-10-27(11-8-19)16-6-9-25-17(12-16)20(22,23)24/h2-6,9,12H,7-8,10-11,13H2,1H3,(H,26,28). The van der Waals surface area contributed by atoms with Crippen molar-refractivity contribution in [2.75, 3.05) is 23.3 Å². The van der Waals surface area contributed by atoms with Crippen LogP contribution in [0, 0.1) is 5.41 Å². The van der Waals surface area contributed by atoms with Gasteiger partial charge in [0.15, 0.2) is 0 Å². The molecule has 0 radical (unpaired) electrons. The average molecular weight is 412 g/mol. The average Bonchev–Trinajstić information content (AvgIpc) is 2.63. The van der Waals surface area contributed by atoms with E-state index in [0.29, 0.717) is 48.7 Å². The Balaban J connectivity index is 1.58. The molecule has 4 nitrogen and oxygen atoms in total. The van der Waals surface area contributed by atoms with Crippen LogP contribution in [-0.2, 0) is 11.0 Å². The van der Waals surface area contributed by atoms with Crippen molar-refractivity contribution in [2.45, 2.75) is 32.4 Å². The second-order valence-corrected chi connectivity index (χ2v) is 7.86. The fourth-order valence-electron chi connectivity index (χ4n) is 3.38. The quantitative estimate of drug-likeness (QED) is 0.733. The lowest BCUT2D eigenvalue weighted by Gasteiger charge is -2.40. The number of piperidine rings is 1. The molecule has 1 aliphatic heterocycles. The second kappa shape index (κ2) is 7.99. The van der Waals surface area contributed by atoms with Gasteiger partial charge < -0.3 is 10.2 Å². The third-order valence-corrected chi connectivity index (χ3v) is 5.34. The number of nitrogens with one attached hydrogen (secondary N) is 1. The second-order valence-electron chi connectivity index (χ2n) is 7.43. The van der Waals surface area contributed by atoms with Gasteiger partial charge in [-0.2, -0.15) is 13.2 Å². The van der Waals surface area contributed by atoms with Gasteiger partial charge in [-0.25, -0.2) is 0 Å². The predicted molar refractivity (Wildman–Crippen MR) is 103 cm³/mol.